The summed E-state index contributed by atoms with van der Waals surface area (Å²) in [5.74, 6) is 0. The molecule has 0 bridgehead atoms. The molecule has 1 heterocycles. The van der Waals surface area contributed by atoms with Crippen LogP contribution in [-0.2, 0) is 0 Å². The van der Waals surface area contributed by atoms with Crippen LogP contribution in [0.1, 0.15) is 25.7 Å². The quantitative estimate of drug-likeness (QED) is 0.623. The zero-order valence-electron chi connectivity index (χ0n) is 7.63. The van der Waals surface area contributed by atoms with E-state index in [-0.39, 0.29) is 0 Å². The van der Waals surface area contributed by atoms with Crippen LogP contribution < -0.4 is 5.73 Å². The van der Waals surface area contributed by atoms with Crippen molar-refractivity contribution in [1.29, 1.82) is 0 Å². The van der Waals surface area contributed by atoms with Crippen LogP contribution in [0.5, 0.6) is 0 Å². The highest BCUT2D eigenvalue weighted by Crippen LogP contribution is 2.20. The lowest BCUT2D eigenvalue weighted by atomic mass is 10.2. The van der Waals surface area contributed by atoms with Crippen LogP contribution in [0.3, 0.4) is 0 Å². The van der Waals surface area contributed by atoms with Crippen LogP contribution in [0.2, 0.25) is 0 Å². The molecule has 68 valence electrons. The van der Waals surface area contributed by atoms with E-state index in [0.717, 1.165) is 6.54 Å². The lowest BCUT2D eigenvalue weighted by Crippen LogP contribution is -2.27. The van der Waals surface area contributed by atoms with Crippen molar-refractivity contribution in [2.75, 3.05) is 19.6 Å². The first-order valence-corrected chi connectivity index (χ1v) is 5.00. The van der Waals surface area contributed by atoms with Gasteiger partial charge in [0.15, 0.2) is 0 Å². The van der Waals surface area contributed by atoms with E-state index < -0.39 is 0 Å². The van der Waals surface area contributed by atoms with Crippen LogP contribution >= 0.6 is 0 Å². The minimum Gasteiger partial charge on any atom is -0.326 e. The van der Waals surface area contributed by atoms with Crippen LogP contribution in [0.25, 0.3) is 0 Å². The molecule has 2 rings (SSSR count). The van der Waals surface area contributed by atoms with E-state index >= 15 is 0 Å². The molecule has 0 saturated carbocycles. The summed E-state index contributed by atoms with van der Waals surface area (Å²) >= 11 is 0. The van der Waals surface area contributed by atoms with E-state index in [1.807, 2.05) is 0 Å². The molecule has 1 atom stereocenters. The standard InChI is InChI=1S/C10H18N2/c11-10-5-6-12(8-10)7-9-3-1-2-4-9/h3,10H,1-2,4-8,11H2/t10-/m1/s1. The molecule has 0 aromatic heterocycles. The van der Waals surface area contributed by atoms with E-state index in [1.54, 1.807) is 5.57 Å². The molecular formula is C10H18N2. The van der Waals surface area contributed by atoms with Crippen molar-refractivity contribution < 1.29 is 0 Å². The summed E-state index contributed by atoms with van der Waals surface area (Å²) in [5, 5.41) is 0. The van der Waals surface area contributed by atoms with Crippen LogP contribution in [0.4, 0.5) is 0 Å². The zero-order valence-corrected chi connectivity index (χ0v) is 7.63. The Balaban J connectivity index is 1.79. The molecule has 0 spiro atoms. The Hall–Kier alpha value is -0.340. The third kappa shape index (κ3) is 1.87. The van der Waals surface area contributed by atoms with Crippen molar-refractivity contribution in [1.82, 2.24) is 4.90 Å². The molecule has 0 unspecified atom stereocenters. The van der Waals surface area contributed by atoms with E-state index in [1.165, 1.54) is 38.8 Å². The van der Waals surface area contributed by atoms with Gasteiger partial charge in [-0.3, -0.25) is 4.90 Å². The van der Waals surface area contributed by atoms with Crippen molar-refractivity contribution in [3.63, 3.8) is 0 Å². The topological polar surface area (TPSA) is 29.3 Å². The van der Waals surface area contributed by atoms with Gasteiger partial charge in [0.1, 0.15) is 0 Å². The van der Waals surface area contributed by atoms with Gasteiger partial charge in [0.05, 0.1) is 0 Å². The molecule has 0 amide bonds. The van der Waals surface area contributed by atoms with Crippen LogP contribution in [0, 0.1) is 0 Å². The van der Waals surface area contributed by atoms with E-state index in [0.29, 0.717) is 6.04 Å². The molecule has 1 fully saturated rings. The number of nitrogens with two attached hydrogens (primary N) is 1. The zero-order chi connectivity index (χ0) is 8.39. The molecule has 1 aliphatic carbocycles. The van der Waals surface area contributed by atoms with Crippen LogP contribution in [0.15, 0.2) is 11.6 Å². The SMILES string of the molecule is N[C@@H]1CCN(CC2=CCCC2)C1. The van der Waals surface area contributed by atoms with Crippen molar-refractivity contribution in [2.24, 2.45) is 5.73 Å². The van der Waals surface area contributed by atoms with Gasteiger partial charge in [-0.25, -0.2) is 0 Å². The molecular weight excluding hydrogens is 148 g/mol. The second-order valence-electron chi connectivity index (χ2n) is 4.04. The Kier molecular flexibility index (Phi) is 2.47. The second-order valence-corrected chi connectivity index (χ2v) is 4.04. The lowest BCUT2D eigenvalue weighted by molar-refractivity contribution is 0.361. The van der Waals surface area contributed by atoms with Crippen molar-refractivity contribution in [2.45, 2.75) is 31.7 Å². The Labute approximate surface area is 74.4 Å². The number of hydrogen-bond acceptors (Lipinski definition) is 2. The van der Waals surface area contributed by atoms with E-state index in [2.05, 4.69) is 11.0 Å². The summed E-state index contributed by atoms with van der Waals surface area (Å²) in [4.78, 5) is 2.49. The smallest absolute Gasteiger partial charge is 0.0193 e. The molecule has 1 saturated heterocycles. The van der Waals surface area contributed by atoms with Crippen molar-refractivity contribution >= 4 is 0 Å². The highest BCUT2D eigenvalue weighted by Gasteiger charge is 2.19. The summed E-state index contributed by atoms with van der Waals surface area (Å²) < 4.78 is 0. The average Bonchev–Trinajstić information content (AvgIpc) is 2.63. The largest absolute Gasteiger partial charge is 0.326 e. The number of hydrogen-bond donors (Lipinski definition) is 1. The van der Waals surface area contributed by atoms with E-state index in [4.69, 9.17) is 5.73 Å². The number of rotatable bonds is 2. The Morgan fingerprint density at radius 1 is 1.58 bits per heavy atom. The maximum atomic E-state index is 5.84. The molecule has 0 aromatic carbocycles. The third-order valence-electron chi connectivity index (χ3n) is 2.87. The summed E-state index contributed by atoms with van der Waals surface area (Å²) in [7, 11) is 0. The first-order valence-electron chi connectivity index (χ1n) is 5.00. The molecule has 0 aromatic rings. The Bertz CT molecular complexity index is 186. The highest BCUT2D eigenvalue weighted by molar-refractivity contribution is 5.10. The van der Waals surface area contributed by atoms with Gasteiger partial charge in [-0.15, -0.1) is 0 Å². The normalized spacial score (nSPS) is 31.1. The fraction of sp³-hybridized carbons (Fsp3) is 0.800. The van der Waals surface area contributed by atoms with Gasteiger partial charge in [0.25, 0.3) is 0 Å². The van der Waals surface area contributed by atoms with Crippen molar-refractivity contribution in [3.05, 3.63) is 11.6 Å². The third-order valence-corrected chi connectivity index (χ3v) is 2.87. The maximum Gasteiger partial charge on any atom is 0.0193 e. The first-order chi connectivity index (χ1) is 5.84. The van der Waals surface area contributed by atoms with Gasteiger partial charge in [-0.1, -0.05) is 11.6 Å². The minimum absolute atomic E-state index is 0.437. The van der Waals surface area contributed by atoms with E-state index in [9.17, 15) is 0 Å². The van der Waals surface area contributed by atoms with Crippen LogP contribution in [-0.4, -0.2) is 30.6 Å². The maximum absolute atomic E-state index is 5.84. The molecule has 2 N–H and O–H groups in total. The summed E-state index contributed by atoms with van der Waals surface area (Å²) in [6.07, 6.45) is 7.59. The minimum atomic E-state index is 0.437. The summed E-state index contributed by atoms with van der Waals surface area (Å²) in [6, 6.07) is 0.437. The molecule has 1 aliphatic heterocycles. The fourth-order valence-corrected chi connectivity index (χ4v) is 2.17. The van der Waals surface area contributed by atoms with Gasteiger partial charge in [-0.05, 0) is 25.7 Å². The average molecular weight is 166 g/mol. The molecule has 12 heavy (non-hydrogen) atoms. The fourth-order valence-electron chi connectivity index (χ4n) is 2.17. The number of nitrogens with zero attached hydrogens (tertiary/aromatic N) is 1. The predicted molar refractivity (Wildman–Crippen MR) is 51.0 cm³/mol. The first kappa shape index (κ1) is 8.27. The Morgan fingerprint density at radius 3 is 3.08 bits per heavy atom. The lowest BCUT2D eigenvalue weighted by Gasteiger charge is -2.15. The molecule has 0 radical (unpaired) electrons. The van der Waals surface area contributed by atoms with Gasteiger partial charge in [0.2, 0.25) is 0 Å². The molecule has 2 nitrogen and oxygen atoms in total. The predicted octanol–water partition coefficient (Wildman–Crippen LogP) is 1.13. The second kappa shape index (κ2) is 3.58. The van der Waals surface area contributed by atoms with Gasteiger partial charge >= 0.3 is 0 Å². The van der Waals surface area contributed by atoms with Gasteiger partial charge in [0, 0.05) is 25.7 Å². The highest BCUT2D eigenvalue weighted by atomic mass is 15.2. The number of likely N-dealkylation sites (tertiary alicyclic amines) is 1. The van der Waals surface area contributed by atoms with Gasteiger partial charge in [-0.2, -0.15) is 0 Å². The van der Waals surface area contributed by atoms with Crippen molar-refractivity contribution in [3.8, 4) is 0 Å². The monoisotopic (exact) mass is 166 g/mol. The number of allylic oxidation sites excluding steroid dienone is 1. The summed E-state index contributed by atoms with van der Waals surface area (Å²) in [6.45, 7) is 3.50. The molecule has 2 heteroatoms. The Morgan fingerprint density at radius 2 is 2.50 bits per heavy atom. The van der Waals surface area contributed by atoms with Gasteiger partial charge < -0.3 is 5.73 Å². The summed E-state index contributed by atoms with van der Waals surface area (Å²) in [5.41, 5.74) is 7.48. The molecule has 2 aliphatic rings.